The Labute approximate surface area is 117 Å². The third-order valence-corrected chi connectivity index (χ3v) is 3.52. The molecule has 112 valence electrons. The van der Waals surface area contributed by atoms with Gasteiger partial charge in [0, 0.05) is 32.3 Å². The van der Waals surface area contributed by atoms with Gasteiger partial charge in [0.1, 0.15) is 0 Å². The van der Waals surface area contributed by atoms with Gasteiger partial charge >= 0.3 is 0 Å². The van der Waals surface area contributed by atoms with Gasteiger partial charge < -0.3 is 20.5 Å². The summed E-state index contributed by atoms with van der Waals surface area (Å²) in [6, 6.07) is 0. The molecule has 2 unspecified atom stereocenters. The Balaban J connectivity index is 4.81. The molecule has 0 saturated heterocycles. The van der Waals surface area contributed by atoms with E-state index in [0.29, 0.717) is 13.1 Å². The molecule has 0 aromatic carbocycles. The van der Waals surface area contributed by atoms with Gasteiger partial charge in [0.05, 0.1) is 12.2 Å². The quantitative estimate of drug-likeness (QED) is 0.322. The smallest absolute Gasteiger partial charge is 0.0918 e. The summed E-state index contributed by atoms with van der Waals surface area (Å²) in [4.78, 5) is 4.10. The number of rotatable bonds is 10. The van der Waals surface area contributed by atoms with E-state index >= 15 is 0 Å². The molecule has 0 aromatic rings. The van der Waals surface area contributed by atoms with Crippen LogP contribution in [0.2, 0.25) is 0 Å². The number of hydrogen-bond acceptors (Lipinski definition) is 4. The van der Waals surface area contributed by atoms with Crippen LogP contribution in [0, 0.1) is 5.92 Å². The number of allylic oxidation sites excluding steroid dienone is 1. The first kappa shape index (κ1) is 18.3. The lowest BCUT2D eigenvalue weighted by Gasteiger charge is -2.33. The van der Waals surface area contributed by atoms with Crippen LogP contribution in [0.4, 0.5) is 0 Å². The molecule has 0 radical (unpaired) electrons. The molecule has 19 heavy (non-hydrogen) atoms. The lowest BCUT2D eigenvalue weighted by molar-refractivity contribution is 0.0575. The molecule has 0 aromatic heterocycles. The number of hydrogen-bond donors (Lipinski definition) is 3. The summed E-state index contributed by atoms with van der Waals surface area (Å²) in [5.41, 5.74) is 0.0493. The second-order valence-electron chi connectivity index (χ2n) is 5.02. The average molecular weight is 270 g/mol. The van der Waals surface area contributed by atoms with E-state index in [2.05, 4.69) is 17.2 Å². The van der Waals surface area contributed by atoms with Gasteiger partial charge in [0.25, 0.3) is 0 Å². The summed E-state index contributed by atoms with van der Waals surface area (Å²) in [5, 5.41) is 22.8. The molecule has 0 aliphatic carbocycles. The maximum absolute atomic E-state index is 10.8. The third-order valence-electron chi connectivity index (χ3n) is 3.52. The Morgan fingerprint density at radius 1 is 1.47 bits per heavy atom. The van der Waals surface area contributed by atoms with Gasteiger partial charge in [-0.2, -0.15) is 0 Å². The fraction of sp³-hybridized carbons (Fsp3) is 0.800. The van der Waals surface area contributed by atoms with Crippen LogP contribution in [0.25, 0.3) is 0 Å². The molecule has 4 nitrogen and oxygen atoms in total. The minimum atomic E-state index is -0.897. The van der Waals surface area contributed by atoms with Crippen molar-refractivity contribution in [3.63, 3.8) is 0 Å². The summed E-state index contributed by atoms with van der Waals surface area (Å²) < 4.78 is 0. The Morgan fingerprint density at radius 3 is 2.63 bits per heavy atom. The first-order valence-corrected chi connectivity index (χ1v) is 7.16. The van der Waals surface area contributed by atoms with Crippen LogP contribution in [0.15, 0.2) is 16.6 Å². The first-order chi connectivity index (χ1) is 9.04. The van der Waals surface area contributed by atoms with Crippen LogP contribution in [-0.4, -0.2) is 48.8 Å². The molecule has 0 rings (SSSR count). The van der Waals surface area contributed by atoms with E-state index in [1.165, 1.54) is 0 Å². The molecule has 0 aliphatic rings. The van der Waals surface area contributed by atoms with Crippen LogP contribution in [0.3, 0.4) is 0 Å². The largest absolute Gasteiger partial charge is 0.395 e. The molecule has 0 saturated carbocycles. The Morgan fingerprint density at radius 2 is 2.16 bits per heavy atom. The minimum absolute atomic E-state index is 0.0274. The summed E-state index contributed by atoms with van der Waals surface area (Å²) in [5.74, 6) is 0.0274. The van der Waals surface area contributed by atoms with Crippen molar-refractivity contribution in [2.45, 2.75) is 45.6 Å². The zero-order valence-corrected chi connectivity index (χ0v) is 12.8. The highest BCUT2D eigenvalue weighted by molar-refractivity contribution is 5.63. The number of aliphatic imine (C=N–C) groups is 1. The van der Waals surface area contributed by atoms with Gasteiger partial charge in [0.2, 0.25) is 0 Å². The Bertz CT molecular complexity index is 286. The molecular formula is C15H30N2O2. The second kappa shape index (κ2) is 10.1. The molecule has 2 atom stereocenters. The normalized spacial score (nSPS) is 17.7. The molecule has 0 spiro atoms. The van der Waals surface area contributed by atoms with Crippen molar-refractivity contribution in [3.8, 4) is 0 Å². The lowest BCUT2D eigenvalue weighted by atomic mass is 9.80. The predicted molar refractivity (Wildman–Crippen MR) is 81.8 cm³/mol. The Hall–Kier alpha value is -0.710. The minimum Gasteiger partial charge on any atom is -0.395 e. The zero-order chi connectivity index (χ0) is 14.7. The standard InChI is InChI=1S/C15H30N2O2/c1-5-7-8-14(11-16-4)15(3,19)13(6-2)12-17-9-10-18/h6,11,14,17-19H,5,7-10,12H2,1-4H3/b13-6-,16-11?. The van der Waals surface area contributed by atoms with Crippen molar-refractivity contribution < 1.29 is 10.2 Å². The van der Waals surface area contributed by atoms with Crippen molar-refractivity contribution >= 4 is 6.21 Å². The fourth-order valence-electron chi connectivity index (χ4n) is 2.22. The molecular weight excluding hydrogens is 240 g/mol. The number of unbranched alkanes of at least 4 members (excludes halogenated alkanes) is 1. The number of nitrogens with one attached hydrogen (secondary N) is 1. The lowest BCUT2D eigenvalue weighted by Crippen LogP contribution is -2.41. The second-order valence-corrected chi connectivity index (χ2v) is 5.02. The van der Waals surface area contributed by atoms with Gasteiger partial charge in [-0.15, -0.1) is 0 Å². The van der Waals surface area contributed by atoms with E-state index in [-0.39, 0.29) is 12.5 Å². The van der Waals surface area contributed by atoms with Gasteiger partial charge in [-0.1, -0.05) is 25.8 Å². The van der Waals surface area contributed by atoms with Gasteiger partial charge in [-0.3, -0.25) is 0 Å². The highest BCUT2D eigenvalue weighted by atomic mass is 16.3. The molecule has 3 N–H and O–H groups in total. The number of aliphatic hydroxyl groups excluding tert-OH is 1. The average Bonchev–Trinajstić information content (AvgIpc) is 2.39. The fourth-order valence-corrected chi connectivity index (χ4v) is 2.22. The highest BCUT2D eigenvalue weighted by Gasteiger charge is 2.33. The maximum Gasteiger partial charge on any atom is 0.0918 e. The van der Waals surface area contributed by atoms with E-state index in [4.69, 9.17) is 5.11 Å². The van der Waals surface area contributed by atoms with Crippen LogP contribution in [-0.2, 0) is 0 Å². The van der Waals surface area contributed by atoms with Crippen LogP contribution >= 0.6 is 0 Å². The number of aliphatic hydroxyl groups is 2. The highest BCUT2D eigenvalue weighted by Crippen LogP contribution is 2.28. The SMILES string of the molecule is C/C=C(/CNCCO)C(C)(O)C(C=NC)CCCC. The van der Waals surface area contributed by atoms with E-state index in [9.17, 15) is 5.11 Å². The first-order valence-electron chi connectivity index (χ1n) is 7.16. The van der Waals surface area contributed by atoms with Crippen molar-refractivity contribution in [3.05, 3.63) is 11.6 Å². The summed E-state index contributed by atoms with van der Waals surface area (Å²) in [7, 11) is 1.74. The monoisotopic (exact) mass is 270 g/mol. The van der Waals surface area contributed by atoms with Crippen molar-refractivity contribution in [1.82, 2.24) is 5.32 Å². The van der Waals surface area contributed by atoms with E-state index in [0.717, 1.165) is 24.8 Å². The summed E-state index contributed by atoms with van der Waals surface area (Å²) in [6.45, 7) is 7.16. The van der Waals surface area contributed by atoms with Gasteiger partial charge in [-0.25, -0.2) is 0 Å². The van der Waals surface area contributed by atoms with E-state index in [1.54, 1.807) is 7.05 Å². The number of nitrogens with zero attached hydrogens (tertiary/aromatic N) is 1. The van der Waals surface area contributed by atoms with E-state index in [1.807, 2.05) is 26.1 Å². The molecule has 0 aliphatic heterocycles. The predicted octanol–water partition coefficient (Wildman–Crippen LogP) is 1.77. The van der Waals surface area contributed by atoms with E-state index < -0.39 is 5.60 Å². The van der Waals surface area contributed by atoms with Gasteiger partial charge in [0.15, 0.2) is 0 Å². The van der Waals surface area contributed by atoms with Crippen LogP contribution in [0.5, 0.6) is 0 Å². The summed E-state index contributed by atoms with van der Waals surface area (Å²) >= 11 is 0. The maximum atomic E-state index is 10.8. The Kier molecular flexibility index (Phi) is 9.74. The molecule has 0 heterocycles. The van der Waals surface area contributed by atoms with Crippen LogP contribution in [0.1, 0.15) is 40.0 Å². The van der Waals surface area contributed by atoms with Crippen molar-refractivity contribution in [2.75, 3.05) is 26.7 Å². The molecule has 0 bridgehead atoms. The molecule has 0 fully saturated rings. The topological polar surface area (TPSA) is 64.8 Å². The van der Waals surface area contributed by atoms with Crippen LogP contribution < -0.4 is 5.32 Å². The summed E-state index contributed by atoms with van der Waals surface area (Å²) in [6.07, 6.45) is 6.92. The van der Waals surface area contributed by atoms with Crippen molar-refractivity contribution in [1.29, 1.82) is 0 Å². The zero-order valence-electron chi connectivity index (χ0n) is 12.8. The van der Waals surface area contributed by atoms with Gasteiger partial charge in [-0.05, 0) is 25.8 Å². The molecule has 0 amide bonds. The third kappa shape index (κ3) is 6.32. The van der Waals surface area contributed by atoms with Crippen molar-refractivity contribution in [2.24, 2.45) is 10.9 Å². The molecule has 4 heteroatoms.